The molecule has 2 nitrogen and oxygen atoms in total. The first-order chi connectivity index (χ1) is 5.35. The monoisotopic (exact) mass is 156 g/mol. The van der Waals surface area contributed by atoms with E-state index in [1.54, 1.807) is 0 Å². The van der Waals surface area contributed by atoms with Crippen LogP contribution in [0.4, 0.5) is 0 Å². The molecule has 0 rings (SSSR count). The van der Waals surface area contributed by atoms with E-state index in [0.717, 1.165) is 32.7 Å². The van der Waals surface area contributed by atoms with Crippen molar-refractivity contribution in [3.63, 3.8) is 0 Å². The van der Waals surface area contributed by atoms with Gasteiger partial charge in [-0.3, -0.25) is 4.90 Å². The standard InChI is InChI=1S/C9H20N2/c1-4-8-11(6-3)9-7-10-5-2/h4,10H,1,5-9H2,2-3H3. The third kappa shape index (κ3) is 6.07. The van der Waals surface area contributed by atoms with Gasteiger partial charge < -0.3 is 5.32 Å². The van der Waals surface area contributed by atoms with E-state index < -0.39 is 0 Å². The van der Waals surface area contributed by atoms with Gasteiger partial charge in [-0.15, -0.1) is 6.58 Å². The van der Waals surface area contributed by atoms with E-state index in [1.165, 1.54) is 0 Å². The second kappa shape index (κ2) is 7.76. The Morgan fingerprint density at radius 3 is 2.64 bits per heavy atom. The minimum Gasteiger partial charge on any atom is -0.316 e. The van der Waals surface area contributed by atoms with Crippen molar-refractivity contribution in [1.29, 1.82) is 0 Å². The fraction of sp³-hybridized carbons (Fsp3) is 0.778. The zero-order chi connectivity index (χ0) is 8.53. The summed E-state index contributed by atoms with van der Waals surface area (Å²) in [6.45, 7) is 13.4. The first-order valence-corrected chi connectivity index (χ1v) is 4.39. The van der Waals surface area contributed by atoms with E-state index in [0.29, 0.717) is 0 Å². The zero-order valence-corrected chi connectivity index (χ0v) is 7.77. The van der Waals surface area contributed by atoms with Gasteiger partial charge >= 0.3 is 0 Å². The zero-order valence-electron chi connectivity index (χ0n) is 7.77. The Bertz CT molecular complexity index is 91.6. The fourth-order valence-electron chi connectivity index (χ4n) is 0.975. The van der Waals surface area contributed by atoms with Gasteiger partial charge in [0, 0.05) is 19.6 Å². The van der Waals surface area contributed by atoms with E-state index in [9.17, 15) is 0 Å². The van der Waals surface area contributed by atoms with Crippen LogP contribution in [0.3, 0.4) is 0 Å². The summed E-state index contributed by atoms with van der Waals surface area (Å²) in [6, 6.07) is 0. The smallest absolute Gasteiger partial charge is 0.0161 e. The van der Waals surface area contributed by atoms with Crippen molar-refractivity contribution < 1.29 is 0 Å². The maximum absolute atomic E-state index is 3.71. The average molecular weight is 156 g/mol. The minimum absolute atomic E-state index is 1.00. The molecule has 0 aliphatic rings. The molecule has 0 spiro atoms. The molecule has 1 N–H and O–H groups in total. The summed E-state index contributed by atoms with van der Waals surface area (Å²) in [5.74, 6) is 0. The van der Waals surface area contributed by atoms with Crippen molar-refractivity contribution in [2.24, 2.45) is 0 Å². The molecular formula is C9H20N2. The molecule has 0 heterocycles. The molecule has 0 saturated carbocycles. The Morgan fingerprint density at radius 1 is 1.45 bits per heavy atom. The molecule has 0 aromatic rings. The summed E-state index contributed by atoms with van der Waals surface area (Å²) in [5.41, 5.74) is 0. The predicted octanol–water partition coefficient (Wildman–Crippen LogP) is 1.10. The van der Waals surface area contributed by atoms with Gasteiger partial charge in [0.1, 0.15) is 0 Å². The maximum Gasteiger partial charge on any atom is 0.0161 e. The van der Waals surface area contributed by atoms with E-state index in [-0.39, 0.29) is 0 Å². The topological polar surface area (TPSA) is 15.3 Å². The Hall–Kier alpha value is -0.340. The SMILES string of the molecule is C=CCN(CC)CCNCC. The van der Waals surface area contributed by atoms with Crippen molar-refractivity contribution in [2.75, 3.05) is 32.7 Å². The molecule has 0 atom stereocenters. The Labute approximate surface area is 70.3 Å². The van der Waals surface area contributed by atoms with Crippen molar-refractivity contribution in [2.45, 2.75) is 13.8 Å². The molecule has 0 fully saturated rings. The number of rotatable bonds is 7. The number of hydrogen-bond donors (Lipinski definition) is 1. The van der Waals surface area contributed by atoms with E-state index in [4.69, 9.17) is 0 Å². The van der Waals surface area contributed by atoms with Crippen LogP contribution in [-0.4, -0.2) is 37.6 Å². The van der Waals surface area contributed by atoms with Gasteiger partial charge in [0.2, 0.25) is 0 Å². The minimum atomic E-state index is 1.00. The molecule has 11 heavy (non-hydrogen) atoms. The fourth-order valence-corrected chi connectivity index (χ4v) is 0.975. The lowest BCUT2D eigenvalue weighted by molar-refractivity contribution is 0.318. The third-order valence-corrected chi connectivity index (χ3v) is 1.69. The molecule has 0 radical (unpaired) electrons. The van der Waals surface area contributed by atoms with Gasteiger partial charge in [0.15, 0.2) is 0 Å². The van der Waals surface area contributed by atoms with Crippen molar-refractivity contribution in [1.82, 2.24) is 10.2 Å². The van der Waals surface area contributed by atoms with Gasteiger partial charge in [0.05, 0.1) is 0 Å². The highest BCUT2D eigenvalue weighted by Crippen LogP contribution is 1.85. The van der Waals surface area contributed by atoms with Crippen molar-refractivity contribution in [3.05, 3.63) is 12.7 Å². The van der Waals surface area contributed by atoms with Crippen molar-refractivity contribution >= 4 is 0 Å². The third-order valence-electron chi connectivity index (χ3n) is 1.69. The lowest BCUT2D eigenvalue weighted by Gasteiger charge is -2.17. The second-order valence-electron chi connectivity index (χ2n) is 2.54. The molecule has 66 valence electrons. The number of nitrogens with one attached hydrogen (secondary N) is 1. The lowest BCUT2D eigenvalue weighted by atomic mass is 10.4. The van der Waals surface area contributed by atoms with E-state index in [1.807, 2.05) is 6.08 Å². The summed E-state index contributed by atoms with van der Waals surface area (Å²) in [4.78, 5) is 2.36. The number of hydrogen-bond acceptors (Lipinski definition) is 2. The van der Waals surface area contributed by atoms with Crippen LogP contribution in [-0.2, 0) is 0 Å². The van der Waals surface area contributed by atoms with Crippen LogP contribution in [0, 0.1) is 0 Å². The number of nitrogens with zero attached hydrogens (tertiary/aromatic N) is 1. The molecule has 2 heteroatoms. The predicted molar refractivity (Wildman–Crippen MR) is 50.9 cm³/mol. The molecule has 0 amide bonds. The maximum atomic E-state index is 3.71. The first-order valence-electron chi connectivity index (χ1n) is 4.39. The largest absolute Gasteiger partial charge is 0.316 e. The van der Waals surface area contributed by atoms with Crippen molar-refractivity contribution in [3.8, 4) is 0 Å². The highest BCUT2D eigenvalue weighted by Gasteiger charge is 1.96. The Balaban J connectivity index is 3.27. The molecule has 0 aromatic heterocycles. The van der Waals surface area contributed by atoms with Gasteiger partial charge in [-0.05, 0) is 13.1 Å². The molecule has 0 aliphatic carbocycles. The Kier molecular flexibility index (Phi) is 7.52. The Morgan fingerprint density at radius 2 is 2.18 bits per heavy atom. The van der Waals surface area contributed by atoms with E-state index >= 15 is 0 Å². The molecule has 0 aromatic carbocycles. The lowest BCUT2D eigenvalue weighted by Crippen LogP contribution is -2.32. The summed E-state index contributed by atoms with van der Waals surface area (Å²) in [5, 5.41) is 3.30. The number of likely N-dealkylation sites (N-methyl/N-ethyl adjacent to an activating group) is 2. The summed E-state index contributed by atoms with van der Waals surface area (Å²) >= 11 is 0. The highest BCUT2D eigenvalue weighted by atomic mass is 15.1. The van der Waals surface area contributed by atoms with Crippen LogP contribution < -0.4 is 5.32 Å². The van der Waals surface area contributed by atoms with Gasteiger partial charge in [-0.2, -0.15) is 0 Å². The summed E-state index contributed by atoms with van der Waals surface area (Å²) in [7, 11) is 0. The molecular weight excluding hydrogens is 136 g/mol. The molecule has 0 aliphatic heterocycles. The van der Waals surface area contributed by atoms with E-state index in [2.05, 4.69) is 30.6 Å². The first kappa shape index (κ1) is 10.7. The van der Waals surface area contributed by atoms with Crippen LogP contribution >= 0.6 is 0 Å². The highest BCUT2D eigenvalue weighted by molar-refractivity contribution is 4.72. The van der Waals surface area contributed by atoms with Crippen LogP contribution in [0.15, 0.2) is 12.7 Å². The van der Waals surface area contributed by atoms with Gasteiger partial charge in [0.25, 0.3) is 0 Å². The second-order valence-corrected chi connectivity index (χ2v) is 2.54. The van der Waals surface area contributed by atoms with Crippen LogP contribution in [0.25, 0.3) is 0 Å². The van der Waals surface area contributed by atoms with Crippen LogP contribution in [0.2, 0.25) is 0 Å². The molecule has 0 unspecified atom stereocenters. The molecule has 0 bridgehead atoms. The molecule has 0 saturated heterocycles. The van der Waals surface area contributed by atoms with Gasteiger partial charge in [-0.25, -0.2) is 0 Å². The van der Waals surface area contributed by atoms with Crippen LogP contribution in [0.1, 0.15) is 13.8 Å². The van der Waals surface area contributed by atoms with Gasteiger partial charge in [-0.1, -0.05) is 19.9 Å². The normalized spacial score (nSPS) is 10.5. The quantitative estimate of drug-likeness (QED) is 0.439. The summed E-state index contributed by atoms with van der Waals surface area (Å²) < 4.78 is 0. The average Bonchev–Trinajstić information content (AvgIpc) is 2.03. The van der Waals surface area contributed by atoms with Crippen LogP contribution in [0.5, 0.6) is 0 Å². The summed E-state index contributed by atoms with van der Waals surface area (Å²) in [6.07, 6.45) is 1.95.